The van der Waals surface area contributed by atoms with Crippen molar-refractivity contribution in [2.45, 2.75) is 37.3 Å². The van der Waals surface area contributed by atoms with Crippen molar-refractivity contribution >= 4 is 23.6 Å². The first-order valence-corrected chi connectivity index (χ1v) is 11.0. The highest BCUT2D eigenvalue weighted by Gasteiger charge is 2.38. The highest BCUT2D eigenvalue weighted by Crippen LogP contribution is 2.29. The molecule has 0 radical (unpaired) electrons. The minimum absolute atomic E-state index is 0.343. The summed E-state index contributed by atoms with van der Waals surface area (Å²) in [6, 6.07) is 16.8. The summed E-state index contributed by atoms with van der Waals surface area (Å²) in [5, 5.41) is 10.8. The zero-order valence-corrected chi connectivity index (χ0v) is 18.0. The van der Waals surface area contributed by atoms with E-state index in [1.807, 2.05) is 42.5 Å². The van der Waals surface area contributed by atoms with Gasteiger partial charge in [-0.3, -0.25) is 14.5 Å². The van der Waals surface area contributed by atoms with Gasteiger partial charge in [0.05, 0.1) is 24.3 Å². The van der Waals surface area contributed by atoms with Gasteiger partial charge in [-0.25, -0.2) is 10.9 Å². The Bertz CT molecular complexity index is 961. The van der Waals surface area contributed by atoms with Gasteiger partial charge in [0.1, 0.15) is 0 Å². The van der Waals surface area contributed by atoms with Gasteiger partial charge < -0.3 is 9.84 Å². The molecule has 2 aliphatic rings. The number of carboxylic acids is 1. The van der Waals surface area contributed by atoms with E-state index in [-0.39, 0.29) is 5.91 Å². The lowest BCUT2D eigenvalue weighted by molar-refractivity contribution is -0.139. The van der Waals surface area contributed by atoms with Gasteiger partial charge >= 0.3 is 5.97 Å². The standard InChI is InChI=1S/C25H29N3O4/c26-28(20-5-2-1-3-6-20)24(29)13-10-18-8-11-19(12-9-18)23(25(30)31)7-4-14-27-16-22-15-21(27)17-32-22/h1-3,5-6,8-13,21-23H,4,7,14-17,26H2,(H,30,31). The molecule has 2 fully saturated rings. The van der Waals surface area contributed by atoms with Crippen molar-refractivity contribution in [3.05, 3.63) is 71.8 Å². The number of likely N-dealkylation sites (tertiary alicyclic amines) is 1. The highest BCUT2D eigenvalue weighted by atomic mass is 16.5. The number of hydrogen-bond donors (Lipinski definition) is 2. The Morgan fingerprint density at radius 2 is 1.94 bits per heavy atom. The summed E-state index contributed by atoms with van der Waals surface area (Å²) in [5.74, 6) is 4.18. The van der Waals surface area contributed by atoms with Crippen molar-refractivity contribution in [1.29, 1.82) is 0 Å². The van der Waals surface area contributed by atoms with Crippen LogP contribution in [-0.2, 0) is 14.3 Å². The lowest BCUT2D eigenvalue weighted by Gasteiger charge is -2.27. The zero-order valence-electron chi connectivity index (χ0n) is 18.0. The lowest BCUT2D eigenvalue weighted by atomic mass is 9.93. The van der Waals surface area contributed by atoms with Crippen LogP contribution >= 0.6 is 0 Å². The number of carboxylic acid groups (broad SMARTS) is 1. The highest BCUT2D eigenvalue weighted by molar-refractivity contribution is 6.02. The number of aliphatic carboxylic acids is 1. The number of morpholine rings is 1. The Balaban J connectivity index is 1.31. The minimum Gasteiger partial charge on any atom is -0.481 e. The molecule has 2 bridgehead atoms. The summed E-state index contributed by atoms with van der Waals surface area (Å²) >= 11 is 0. The van der Waals surface area contributed by atoms with Crippen molar-refractivity contribution < 1.29 is 19.4 Å². The molecule has 4 rings (SSSR count). The number of carbonyl (C=O) groups excluding carboxylic acids is 1. The van der Waals surface area contributed by atoms with E-state index in [4.69, 9.17) is 10.6 Å². The average Bonchev–Trinajstić information content (AvgIpc) is 3.44. The summed E-state index contributed by atoms with van der Waals surface area (Å²) in [6.45, 7) is 2.68. The molecule has 3 N–H and O–H groups in total. The van der Waals surface area contributed by atoms with Gasteiger partial charge in [0.2, 0.25) is 0 Å². The Labute approximate surface area is 188 Å². The number of anilines is 1. The Morgan fingerprint density at radius 3 is 2.56 bits per heavy atom. The average molecular weight is 436 g/mol. The van der Waals surface area contributed by atoms with Crippen LogP contribution in [0.1, 0.15) is 36.3 Å². The number of benzene rings is 2. The van der Waals surface area contributed by atoms with E-state index in [2.05, 4.69) is 4.90 Å². The van der Waals surface area contributed by atoms with E-state index >= 15 is 0 Å². The van der Waals surface area contributed by atoms with Gasteiger partial charge in [-0.15, -0.1) is 0 Å². The number of ether oxygens (including phenoxy) is 1. The monoisotopic (exact) mass is 435 g/mol. The first-order valence-electron chi connectivity index (χ1n) is 11.0. The molecule has 32 heavy (non-hydrogen) atoms. The fourth-order valence-corrected chi connectivity index (χ4v) is 4.49. The Kier molecular flexibility index (Phi) is 6.99. The summed E-state index contributed by atoms with van der Waals surface area (Å²) in [4.78, 5) is 26.6. The molecule has 0 aliphatic carbocycles. The van der Waals surface area contributed by atoms with Crippen LogP contribution in [0.2, 0.25) is 0 Å². The smallest absolute Gasteiger partial charge is 0.310 e. The van der Waals surface area contributed by atoms with Gasteiger partial charge in [0.25, 0.3) is 5.91 Å². The van der Waals surface area contributed by atoms with Gasteiger partial charge in [-0.05, 0) is 55.1 Å². The SMILES string of the molecule is NN(C(=O)C=Cc1ccc(C(CCCN2CC3CC2CO3)C(=O)O)cc1)c1ccccc1. The normalized spacial score (nSPS) is 21.2. The van der Waals surface area contributed by atoms with Crippen molar-refractivity contribution in [1.82, 2.24) is 4.90 Å². The largest absolute Gasteiger partial charge is 0.481 e. The first kappa shape index (κ1) is 22.2. The maximum atomic E-state index is 12.3. The van der Waals surface area contributed by atoms with Crippen molar-refractivity contribution in [2.24, 2.45) is 5.84 Å². The second-order valence-electron chi connectivity index (χ2n) is 8.42. The van der Waals surface area contributed by atoms with E-state index in [1.54, 1.807) is 18.2 Å². The number of para-hydroxylation sites is 1. The summed E-state index contributed by atoms with van der Waals surface area (Å²) < 4.78 is 5.63. The van der Waals surface area contributed by atoms with Crippen LogP contribution in [-0.4, -0.2) is 53.7 Å². The van der Waals surface area contributed by atoms with E-state index in [0.29, 0.717) is 24.3 Å². The fourth-order valence-electron chi connectivity index (χ4n) is 4.49. The number of nitrogens with two attached hydrogens (primary N) is 1. The molecular weight excluding hydrogens is 406 g/mol. The molecule has 2 aliphatic heterocycles. The van der Waals surface area contributed by atoms with E-state index in [9.17, 15) is 14.7 Å². The molecule has 0 spiro atoms. The third-order valence-corrected chi connectivity index (χ3v) is 6.28. The van der Waals surface area contributed by atoms with Crippen LogP contribution < -0.4 is 10.9 Å². The van der Waals surface area contributed by atoms with Crippen molar-refractivity contribution in [3.8, 4) is 0 Å². The lowest BCUT2D eigenvalue weighted by Crippen LogP contribution is -2.37. The molecule has 0 aromatic heterocycles. The third-order valence-electron chi connectivity index (χ3n) is 6.28. The topological polar surface area (TPSA) is 96.1 Å². The van der Waals surface area contributed by atoms with Crippen molar-refractivity contribution in [2.75, 3.05) is 24.7 Å². The molecule has 0 saturated carbocycles. The van der Waals surface area contributed by atoms with E-state index in [1.165, 1.54) is 6.08 Å². The number of rotatable bonds is 9. The molecule has 7 heteroatoms. The maximum Gasteiger partial charge on any atom is 0.310 e. The van der Waals surface area contributed by atoms with Crippen LogP contribution in [0.5, 0.6) is 0 Å². The second kappa shape index (κ2) is 10.1. The molecule has 168 valence electrons. The molecule has 2 heterocycles. The predicted octanol–water partition coefficient (Wildman–Crippen LogP) is 3.03. The van der Waals surface area contributed by atoms with Gasteiger partial charge in [0, 0.05) is 18.7 Å². The van der Waals surface area contributed by atoms with E-state index in [0.717, 1.165) is 48.7 Å². The number of hydrazine groups is 1. The molecule has 2 saturated heterocycles. The van der Waals surface area contributed by atoms with Crippen LogP contribution in [0, 0.1) is 0 Å². The molecule has 7 nitrogen and oxygen atoms in total. The molecule has 1 amide bonds. The maximum absolute atomic E-state index is 12.3. The summed E-state index contributed by atoms with van der Waals surface area (Å²) in [6.07, 6.45) is 5.98. The van der Waals surface area contributed by atoms with Crippen LogP contribution in [0.4, 0.5) is 5.69 Å². The van der Waals surface area contributed by atoms with Crippen LogP contribution in [0.25, 0.3) is 6.08 Å². The number of fused-ring (bicyclic) bond motifs is 2. The van der Waals surface area contributed by atoms with Gasteiger partial charge in [-0.2, -0.15) is 0 Å². The molecule has 2 aromatic carbocycles. The Hall–Kier alpha value is -3.00. The van der Waals surface area contributed by atoms with Gasteiger partial charge in [-0.1, -0.05) is 42.5 Å². The fraction of sp³-hybridized carbons (Fsp3) is 0.360. The Morgan fingerprint density at radius 1 is 1.19 bits per heavy atom. The van der Waals surface area contributed by atoms with Gasteiger partial charge in [0.15, 0.2) is 0 Å². The number of hydrogen-bond acceptors (Lipinski definition) is 5. The second-order valence-corrected chi connectivity index (χ2v) is 8.42. The third kappa shape index (κ3) is 5.24. The minimum atomic E-state index is -0.809. The summed E-state index contributed by atoms with van der Waals surface area (Å²) in [7, 11) is 0. The molecule has 3 unspecified atom stereocenters. The van der Waals surface area contributed by atoms with Crippen molar-refractivity contribution in [3.63, 3.8) is 0 Å². The molecular formula is C25H29N3O4. The summed E-state index contributed by atoms with van der Waals surface area (Å²) in [5.41, 5.74) is 2.19. The number of carbonyl (C=O) groups is 2. The zero-order chi connectivity index (χ0) is 22.5. The molecule has 2 aromatic rings. The number of nitrogens with zero attached hydrogens (tertiary/aromatic N) is 2. The van der Waals surface area contributed by atoms with E-state index < -0.39 is 11.9 Å². The number of amides is 1. The molecule has 3 atom stereocenters. The van der Waals surface area contributed by atoms with Crippen LogP contribution in [0.3, 0.4) is 0 Å². The quantitative estimate of drug-likeness (QED) is 0.272. The predicted molar refractivity (Wildman–Crippen MR) is 123 cm³/mol. The first-order chi connectivity index (χ1) is 15.5. The van der Waals surface area contributed by atoms with Crippen LogP contribution in [0.15, 0.2) is 60.7 Å².